The summed E-state index contributed by atoms with van der Waals surface area (Å²) < 4.78 is 13.3. The van der Waals surface area contributed by atoms with E-state index in [1.807, 2.05) is 12.1 Å². The smallest absolute Gasteiger partial charge is 0.251 e. The Morgan fingerprint density at radius 1 is 0.825 bits per heavy atom. The first-order valence-corrected chi connectivity index (χ1v) is 20.0. The van der Waals surface area contributed by atoms with Gasteiger partial charge in [0.05, 0.1) is 39.3 Å². The summed E-state index contributed by atoms with van der Waals surface area (Å²) in [4.78, 5) is 37.2. The van der Waals surface area contributed by atoms with Gasteiger partial charge in [-0.2, -0.15) is 0 Å². The van der Waals surface area contributed by atoms with Gasteiger partial charge in [-0.3, -0.25) is 19.3 Å². The second-order valence-electron chi connectivity index (χ2n) is 13.7. The highest BCUT2D eigenvalue weighted by molar-refractivity contribution is 6.74. The van der Waals surface area contributed by atoms with E-state index in [0.717, 1.165) is 11.1 Å². The lowest BCUT2D eigenvalue weighted by molar-refractivity contribution is -0.180. The van der Waals surface area contributed by atoms with Crippen LogP contribution < -0.4 is 0 Å². The first kappa shape index (κ1) is 36.5. The molecule has 0 radical (unpaired) electrons. The summed E-state index contributed by atoms with van der Waals surface area (Å²) in [6, 6.07) is 8.24. The van der Waals surface area contributed by atoms with Crippen LogP contribution in [0.5, 0.6) is 0 Å². The van der Waals surface area contributed by atoms with Crippen LogP contribution in [0.1, 0.15) is 65.5 Å². The molecule has 0 heterocycles. The molecule has 1 rings (SSSR count). The van der Waals surface area contributed by atoms with Crippen molar-refractivity contribution in [1.29, 1.82) is 0 Å². The fraction of sp³-hybridized carbons (Fsp3) is 0.733. The summed E-state index contributed by atoms with van der Waals surface area (Å²) in [5, 5.41) is 2.44. The molecule has 8 nitrogen and oxygen atoms in total. The third-order valence-corrected chi connectivity index (χ3v) is 17.8. The van der Waals surface area contributed by atoms with E-state index in [9.17, 15) is 9.59 Å². The molecule has 1 aromatic rings. The van der Waals surface area contributed by atoms with E-state index in [1.165, 1.54) is 24.3 Å². The Hall–Kier alpha value is -1.57. The number of amides is 2. The van der Waals surface area contributed by atoms with Crippen LogP contribution in [0, 0.1) is 5.92 Å². The van der Waals surface area contributed by atoms with Crippen molar-refractivity contribution in [3.05, 3.63) is 35.4 Å². The minimum Gasteiger partial charge on any atom is -0.413 e. The van der Waals surface area contributed by atoms with E-state index >= 15 is 0 Å². The van der Waals surface area contributed by atoms with Crippen LogP contribution in [0.25, 0.3) is 0 Å². The van der Waals surface area contributed by atoms with Crippen LogP contribution in [-0.4, -0.2) is 73.0 Å². The van der Waals surface area contributed by atoms with E-state index in [2.05, 4.69) is 79.9 Å². The van der Waals surface area contributed by atoms with Crippen LogP contribution >= 0.6 is 0 Å². The van der Waals surface area contributed by atoms with Crippen LogP contribution in [0.2, 0.25) is 36.3 Å². The molecule has 0 saturated heterocycles. The van der Waals surface area contributed by atoms with Crippen molar-refractivity contribution in [1.82, 2.24) is 10.1 Å². The maximum absolute atomic E-state index is 13.7. The lowest BCUT2D eigenvalue weighted by Crippen LogP contribution is -2.50. The van der Waals surface area contributed by atoms with Crippen molar-refractivity contribution in [2.75, 3.05) is 28.3 Å². The first-order chi connectivity index (χ1) is 18.2. The molecule has 0 spiro atoms. The second kappa shape index (κ2) is 14.6. The monoisotopic (exact) mass is 596 g/mol. The average molecular weight is 597 g/mol. The van der Waals surface area contributed by atoms with Crippen LogP contribution in [0.3, 0.4) is 0 Å². The molecule has 2 amide bonds. The highest BCUT2D eigenvalue weighted by atomic mass is 28.4. The third-order valence-electron chi connectivity index (χ3n) is 8.84. The molecule has 0 N–H and O–H groups in total. The van der Waals surface area contributed by atoms with Crippen molar-refractivity contribution < 1.29 is 28.1 Å². The number of hydrogen-bond acceptors (Lipinski definition) is 6. The summed E-state index contributed by atoms with van der Waals surface area (Å²) in [6.07, 6.45) is 0.525. The summed E-state index contributed by atoms with van der Waals surface area (Å²) in [5.41, 5.74) is 2.25. The van der Waals surface area contributed by atoms with Gasteiger partial charge in [0, 0.05) is 14.1 Å². The molecule has 40 heavy (non-hydrogen) atoms. The van der Waals surface area contributed by atoms with Gasteiger partial charge in [0.15, 0.2) is 16.6 Å². The summed E-state index contributed by atoms with van der Waals surface area (Å²) in [5.74, 6) is -1.05. The minimum absolute atomic E-state index is 0.0287. The van der Waals surface area contributed by atoms with E-state index in [4.69, 9.17) is 18.5 Å². The predicted octanol–water partition coefficient (Wildman–Crippen LogP) is 6.58. The van der Waals surface area contributed by atoms with Crippen molar-refractivity contribution in [3.63, 3.8) is 0 Å². The van der Waals surface area contributed by atoms with Gasteiger partial charge in [0.1, 0.15) is 0 Å². The van der Waals surface area contributed by atoms with E-state index in [1.54, 1.807) is 14.1 Å². The lowest BCUT2D eigenvalue weighted by atomic mass is 9.90. The fourth-order valence-corrected chi connectivity index (χ4v) is 6.05. The fourth-order valence-electron chi connectivity index (χ4n) is 3.74. The molecule has 0 aliphatic carbocycles. The molecule has 10 heteroatoms. The van der Waals surface area contributed by atoms with Gasteiger partial charge in [0.2, 0.25) is 5.91 Å². The molecule has 0 fully saturated rings. The Morgan fingerprint density at radius 3 is 1.80 bits per heavy atom. The molecular formula is C30H56N2O6Si2. The zero-order chi connectivity index (χ0) is 31.1. The Balaban J connectivity index is 3.40. The number of hydrogen-bond donors (Lipinski definition) is 0. The molecule has 1 aromatic carbocycles. The molecule has 0 aromatic heterocycles. The number of rotatable bonds is 14. The topological polar surface area (TPSA) is 77.5 Å². The normalized spacial score (nSPS) is 14.6. The summed E-state index contributed by atoms with van der Waals surface area (Å²) in [6.45, 7) is 22.5. The number of aryl methyl sites for hydroxylation is 1. The zero-order valence-corrected chi connectivity index (χ0v) is 29.6. The van der Waals surface area contributed by atoms with Crippen LogP contribution in [0.4, 0.5) is 0 Å². The van der Waals surface area contributed by atoms with Gasteiger partial charge < -0.3 is 8.85 Å². The predicted molar refractivity (Wildman–Crippen MR) is 166 cm³/mol. The van der Waals surface area contributed by atoms with Gasteiger partial charge in [0.25, 0.3) is 5.91 Å². The second-order valence-corrected chi connectivity index (χ2v) is 23.2. The van der Waals surface area contributed by atoms with Crippen molar-refractivity contribution in [2.24, 2.45) is 5.92 Å². The van der Waals surface area contributed by atoms with Gasteiger partial charge in [-0.25, -0.2) is 10.1 Å². The summed E-state index contributed by atoms with van der Waals surface area (Å²) >= 11 is 0. The Labute approximate surface area is 245 Å². The maximum Gasteiger partial charge on any atom is 0.251 e. The molecule has 2 atom stereocenters. The molecule has 0 aliphatic rings. The van der Waals surface area contributed by atoms with Gasteiger partial charge in [-0.1, -0.05) is 65.8 Å². The van der Waals surface area contributed by atoms with E-state index < -0.39 is 28.7 Å². The number of hydroxylamine groups is 4. The SMILES string of the molecule is CON(C)C(=O)C[C@@H](O[Si](C)(C)C(C)(C)C)[C@H](CCc1ccccc1CO[Si](C)(C)C(C)(C)C)C(=O)N(C)OC. The Bertz CT molecular complexity index is 972. The molecule has 0 saturated carbocycles. The summed E-state index contributed by atoms with van der Waals surface area (Å²) in [7, 11) is 1.81. The van der Waals surface area contributed by atoms with Crippen LogP contribution in [0.15, 0.2) is 24.3 Å². The molecular weight excluding hydrogens is 541 g/mol. The molecule has 0 unspecified atom stereocenters. The van der Waals surface area contributed by atoms with Gasteiger partial charge in [-0.05, 0) is 60.2 Å². The Kier molecular flexibility index (Phi) is 13.3. The highest BCUT2D eigenvalue weighted by Gasteiger charge is 2.43. The molecule has 0 bridgehead atoms. The van der Waals surface area contributed by atoms with Gasteiger partial charge >= 0.3 is 0 Å². The Morgan fingerprint density at radius 2 is 1.32 bits per heavy atom. The number of carbonyl (C=O) groups excluding carboxylic acids is 2. The van der Waals surface area contributed by atoms with Crippen molar-refractivity contribution in [2.45, 2.75) is 110 Å². The lowest BCUT2D eigenvalue weighted by Gasteiger charge is -2.41. The number of nitrogens with zero attached hydrogens (tertiary/aromatic N) is 2. The van der Waals surface area contributed by atoms with E-state index in [-0.39, 0.29) is 28.3 Å². The zero-order valence-electron chi connectivity index (χ0n) is 27.6. The number of benzene rings is 1. The average Bonchev–Trinajstić information content (AvgIpc) is 2.85. The quantitative estimate of drug-likeness (QED) is 0.178. The maximum atomic E-state index is 13.7. The van der Waals surface area contributed by atoms with Crippen LogP contribution in [-0.2, 0) is 41.1 Å². The van der Waals surface area contributed by atoms with Crippen molar-refractivity contribution >= 4 is 28.4 Å². The van der Waals surface area contributed by atoms with E-state index in [0.29, 0.717) is 19.4 Å². The first-order valence-electron chi connectivity index (χ1n) is 14.2. The van der Waals surface area contributed by atoms with Crippen molar-refractivity contribution in [3.8, 4) is 0 Å². The van der Waals surface area contributed by atoms with Gasteiger partial charge in [-0.15, -0.1) is 0 Å². The largest absolute Gasteiger partial charge is 0.413 e. The highest BCUT2D eigenvalue weighted by Crippen LogP contribution is 2.40. The standard InChI is InChI=1S/C30H56N2O6Si2/c1-29(2,3)39(11,12)37-22-24-18-16-15-17-23(24)19-20-25(28(34)32(8)36-10)26(21-27(33)31(7)35-9)38-40(13,14)30(4,5)6/h15-18,25-26H,19-22H2,1-14H3/t25-,26+/m0/s1. The molecule has 230 valence electrons. The minimum atomic E-state index is -2.34. The number of carbonyl (C=O) groups is 2. The molecule has 0 aliphatic heterocycles. The third kappa shape index (κ3) is 10.1.